The van der Waals surface area contributed by atoms with Crippen LogP contribution in [-0.2, 0) is 20.2 Å². The molecule has 4 aromatic rings. The van der Waals surface area contributed by atoms with E-state index in [1.807, 2.05) is 0 Å². The average molecular weight is 717 g/mol. The van der Waals surface area contributed by atoms with E-state index in [1.165, 1.54) is 12.1 Å². The second kappa shape index (κ2) is 15.4. The molecule has 0 spiro atoms. The zero-order valence-electron chi connectivity index (χ0n) is 24.7. The Morgan fingerprint density at radius 1 is 0.500 bits per heavy atom. The molecule has 0 heterocycles. The molecule has 4 aromatic carbocycles. The predicted molar refractivity (Wildman–Crippen MR) is 160 cm³/mol. The van der Waals surface area contributed by atoms with Gasteiger partial charge in [0.05, 0.1) is 31.0 Å². The Morgan fingerprint density at radius 3 is 1.10 bits per heavy atom. The molecule has 0 fully saturated rings. The molecule has 0 aliphatic heterocycles. The maximum absolute atomic E-state index is 12.1. The number of anilines is 4. The third-order valence-electron chi connectivity index (χ3n) is 6.07. The normalized spacial score (nSPS) is 11.6. The summed E-state index contributed by atoms with van der Waals surface area (Å²) >= 11 is 0. The summed E-state index contributed by atoms with van der Waals surface area (Å²) in [6.07, 6.45) is 0. The van der Waals surface area contributed by atoms with Gasteiger partial charge in [0, 0.05) is 12.1 Å². The monoisotopic (exact) mass is 716 g/mol. The third-order valence-corrected chi connectivity index (χ3v) is 7.80. The number of nitrogens with two attached hydrogens (primary N) is 4. The van der Waals surface area contributed by atoms with Gasteiger partial charge in [-0.2, -0.15) is 0 Å². The van der Waals surface area contributed by atoms with Gasteiger partial charge in [-0.3, -0.25) is 20.2 Å². The minimum absolute atomic E-state index is 0. The van der Waals surface area contributed by atoms with Crippen molar-refractivity contribution >= 4 is 77.1 Å². The molecule has 48 heavy (non-hydrogen) atoms. The maximum atomic E-state index is 12.1. The summed E-state index contributed by atoms with van der Waals surface area (Å²) in [5.74, 6) is 0. The van der Waals surface area contributed by atoms with Crippen LogP contribution >= 0.6 is 0 Å². The molecule has 0 aliphatic carbocycles. The Hall–Kier alpha value is -4.10. The van der Waals surface area contributed by atoms with E-state index in [9.17, 15) is 46.2 Å². The molecular weight excluding hydrogens is 698 g/mol. The van der Waals surface area contributed by atoms with Crippen LogP contribution in [0.4, 0.5) is 56.9 Å². The van der Waals surface area contributed by atoms with Crippen molar-refractivity contribution in [1.29, 1.82) is 0 Å². The van der Waals surface area contributed by atoms with Gasteiger partial charge in [0.1, 0.15) is 54.4 Å². The van der Waals surface area contributed by atoms with Crippen molar-refractivity contribution in [2.75, 3.05) is 22.9 Å². The molecule has 0 bridgehead atoms. The van der Waals surface area contributed by atoms with Gasteiger partial charge in [-0.15, -0.1) is 20.5 Å². The fourth-order valence-electron chi connectivity index (χ4n) is 3.88. The van der Waals surface area contributed by atoms with Crippen LogP contribution in [0, 0.1) is 20.2 Å². The van der Waals surface area contributed by atoms with Gasteiger partial charge in [-0.1, -0.05) is 12.1 Å². The summed E-state index contributed by atoms with van der Waals surface area (Å²) in [4.78, 5) is 18.9. The van der Waals surface area contributed by atoms with Crippen molar-refractivity contribution in [3.63, 3.8) is 0 Å². The van der Waals surface area contributed by atoms with Crippen LogP contribution in [0.5, 0.6) is 0 Å². The van der Waals surface area contributed by atoms with Crippen LogP contribution in [0.15, 0.2) is 90.9 Å². The quantitative estimate of drug-likeness (QED) is 0.0369. The molecule has 0 saturated carbocycles. The number of nitrogens with zero attached hydrogens (tertiary/aromatic N) is 6. The van der Waals surface area contributed by atoms with Gasteiger partial charge < -0.3 is 32.0 Å². The second-order valence-corrected chi connectivity index (χ2v) is 11.8. The Morgan fingerprint density at radius 2 is 0.812 bits per heavy atom. The van der Waals surface area contributed by atoms with E-state index in [1.54, 1.807) is 0 Å². The molecule has 0 aliphatic rings. The molecule has 24 heteroatoms. The molecule has 0 atom stereocenters. The minimum atomic E-state index is -5.26. The summed E-state index contributed by atoms with van der Waals surface area (Å²) in [7, 11) is -10.5. The zero-order chi connectivity index (χ0) is 34.1. The van der Waals surface area contributed by atoms with Crippen LogP contribution in [0.25, 0.3) is 11.1 Å². The number of rotatable bonds is 9. The average Bonchev–Trinajstić information content (AvgIpc) is 2.95. The number of azo groups is 2. The van der Waals surface area contributed by atoms with Gasteiger partial charge in [0.25, 0.3) is 11.4 Å². The molecule has 20 nitrogen and oxygen atoms in total. The van der Waals surface area contributed by atoms with Crippen molar-refractivity contribution < 1.29 is 94.9 Å². The van der Waals surface area contributed by atoms with Crippen LogP contribution in [0.2, 0.25) is 0 Å². The fourth-order valence-corrected chi connectivity index (χ4v) is 5.15. The van der Waals surface area contributed by atoms with Crippen molar-refractivity contribution in [2.45, 2.75) is 9.79 Å². The van der Waals surface area contributed by atoms with Crippen molar-refractivity contribution in [3.8, 4) is 11.1 Å². The summed E-state index contributed by atoms with van der Waals surface area (Å²) < 4.78 is 72.6. The Balaban J connectivity index is 0.00000400. The van der Waals surface area contributed by atoms with E-state index in [0.29, 0.717) is 0 Å². The van der Waals surface area contributed by atoms with E-state index in [0.717, 1.165) is 48.5 Å². The molecule has 238 valence electrons. The van der Waals surface area contributed by atoms with Crippen LogP contribution < -0.4 is 82.0 Å². The second-order valence-electron chi connectivity index (χ2n) is 9.13. The van der Waals surface area contributed by atoms with Crippen LogP contribution in [-0.4, -0.2) is 35.8 Å². The van der Waals surface area contributed by atoms with Crippen molar-refractivity contribution in [3.05, 3.63) is 80.9 Å². The minimum Gasteiger partial charge on any atom is -0.744 e. The van der Waals surface area contributed by atoms with Gasteiger partial charge in [-0.25, -0.2) is 16.8 Å². The molecular formula is C24H18N10Na2O10S2. The topological polar surface area (TPSA) is 354 Å². The number of benzene rings is 4. The molecule has 8 N–H and O–H groups in total. The summed E-state index contributed by atoms with van der Waals surface area (Å²) in [6, 6.07) is 10.0. The number of hydrogen-bond donors (Lipinski definition) is 4. The number of hydrogen-bond acceptors (Lipinski definition) is 18. The van der Waals surface area contributed by atoms with Gasteiger partial charge in [0.15, 0.2) is 0 Å². The van der Waals surface area contributed by atoms with Gasteiger partial charge in [0.2, 0.25) is 0 Å². The van der Waals surface area contributed by atoms with E-state index in [2.05, 4.69) is 20.5 Å². The first-order chi connectivity index (χ1) is 21.4. The number of nitro groups is 2. The van der Waals surface area contributed by atoms with Crippen LogP contribution in [0.1, 0.15) is 0 Å². The third kappa shape index (κ3) is 9.07. The van der Waals surface area contributed by atoms with E-state index in [-0.39, 0.29) is 104 Å². The first kappa shape index (κ1) is 40.1. The molecule has 4 rings (SSSR count). The van der Waals surface area contributed by atoms with Crippen LogP contribution in [0.3, 0.4) is 0 Å². The Labute approximate surface area is 314 Å². The molecule has 0 unspecified atom stereocenters. The summed E-state index contributed by atoms with van der Waals surface area (Å²) in [6.45, 7) is 0. The molecule has 0 amide bonds. The summed E-state index contributed by atoms with van der Waals surface area (Å²) in [5, 5.41) is 37.1. The van der Waals surface area contributed by atoms with E-state index >= 15 is 0 Å². The van der Waals surface area contributed by atoms with E-state index < -0.39 is 62.6 Å². The van der Waals surface area contributed by atoms with Gasteiger partial charge in [-0.05, 0) is 47.5 Å². The SMILES string of the molecule is Nc1cc(N)c([N+](=O)[O-])cc1N=Nc1ccc(-c2ccc(N=Nc3cc([N+](=O)[O-])c(N)cc3N)c(S(=O)(=O)[O-])c2)cc1S(=O)(=O)[O-].[Na+].[Na+]. The fraction of sp³-hybridized carbons (Fsp3) is 0. The molecule has 0 aromatic heterocycles. The first-order valence-electron chi connectivity index (χ1n) is 12.1. The number of nitro benzene ring substituents is 2. The molecule has 0 saturated heterocycles. The molecule has 0 radical (unpaired) electrons. The Bertz CT molecular complexity index is 2080. The van der Waals surface area contributed by atoms with Crippen molar-refractivity contribution in [2.24, 2.45) is 20.5 Å². The number of nitrogen functional groups attached to an aromatic ring is 4. The zero-order valence-corrected chi connectivity index (χ0v) is 30.3. The standard InChI is InChI=1S/C24H20N10O10S2.2Na/c25-13-7-15(27)21(33(35)36)9-19(13)31-29-17-3-1-11(5-23(17)45(39,40)41)12-2-4-18(24(6-12)46(42,43)44)30-32-20-10-22(34(37)38)16(28)8-14(20)26;;/h1-10H,25-28H2,(H,39,40,41)(H,42,43,44);;/q;2*+1/p-2. The maximum Gasteiger partial charge on any atom is 1.00 e. The predicted octanol–water partition coefficient (Wildman–Crippen LogP) is -1.85. The first-order valence-corrected chi connectivity index (χ1v) is 14.9. The summed E-state index contributed by atoms with van der Waals surface area (Å²) in [5.41, 5.74) is 19.0. The smallest absolute Gasteiger partial charge is 0.744 e. The Kier molecular flexibility index (Phi) is 12.9. The van der Waals surface area contributed by atoms with Gasteiger partial charge >= 0.3 is 59.1 Å². The van der Waals surface area contributed by atoms with Crippen molar-refractivity contribution in [1.82, 2.24) is 0 Å². The van der Waals surface area contributed by atoms with E-state index in [4.69, 9.17) is 22.9 Å². The largest absolute Gasteiger partial charge is 1.00 e.